The van der Waals surface area contributed by atoms with Gasteiger partial charge in [0.05, 0.1) is 19.4 Å². The molecule has 1 amide bonds. The molecule has 4 rings (SSSR count). The van der Waals surface area contributed by atoms with Gasteiger partial charge in [-0.2, -0.15) is 0 Å². The molecule has 33 heavy (non-hydrogen) atoms. The van der Waals surface area contributed by atoms with E-state index in [0.29, 0.717) is 49.1 Å². The number of guanidine groups is 1. The van der Waals surface area contributed by atoms with Crippen molar-refractivity contribution in [2.24, 2.45) is 10.9 Å². The number of hydrogen-bond donors (Lipinski definition) is 1. The van der Waals surface area contributed by atoms with Crippen LogP contribution in [0.4, 0.5) is 10.1 Å². The van der Waals surface area contributed by atoms with Crippen molar-refractivity contribution < 1.29 is 23.5 Å². The first kappa shape index (κ1) is 22.6. The van der Waals surface area contributed by atoms with Gasteiger partial charge in [0.25, 0.3) is 0 Å². The van der Waals surface area contributed by atoms with Crippen molar-refractivity contribution in [3.63, 3.8) is 0 Å². The molecule has 2 aliphatic heterocycles. The Labute approximate surface area is 192 Å². The zero-order chi connectivity index (χ0) is 23.4. The molecule has 9 heteroatoms. The Balaban J connectivity index is 1.57. The van der Waals surface area contributed by atoms with Gasteiger partial charge >= 0.3 is 5.97 Å². The van der Waals surface area contributed by atoms with Gasteiger partial charge in [-0.05, 0) is 36.8 Å². The van der Waals surface area contributed by atoms with Gasteiger partial charge in [-0.3, -0.25) is 14.9 Å². The van der Waals surface area contributed by atoms with Gasteiger partial charge in [0.1, 0.15) is 17.6 Å². The topological polar surface area (TPSA) is 83.5 Å². The van der Waals surface area contributed by atoms with Crippen LogP contribution >= 0.6 is 0 Å². The first-order chi connectivity index (χ1) is 16.0. The molecule has 0 spiro atoms. The number of amides is 1. The predicted molar refractivity (Wildman–Crippen MR) is 122 cm³/mol. The number of halogens is 1. The third-order valence-corrected chi connectivity index (χ3v) is 5.86. The number of hydrogen-bond acceptors (Lipinski definition) is 7. The Morgan fingerprint density at radius 3 is 2.39 bits per heavy atom. The Kier molecular flexibility index (Phi) is 6.76. The van der Waals surface area contributed by atoms with E-state index in [2.05, 4.69) is 5.32 Å². The van der Waals surface area contributed by atoms with Crippen LogP contribution in [0.25, 0.3) is 0 Å². The Hall–Kier alpha value is -3.62. The Bertz CT molecular complexity index is 1040. The number of benzene rings is 2. The number of anilines is 1. The zero-order valence-corrected chi connectivity index (χ0v) is 18.7. The van der Waals surface area contributed by atoms with Crippen LogP contribution in [-0.2, 0) is 14.3 Å². The highest BCUT2D eigenvalue weighted by Gasteiger charge is 2.42. The lowest BCUT2D eigenvalue weighted by Crippen LogP contribution is -2.57. The van der Waals surface area contributed by atoms with Gasteiger partial charge in [-0.15, -0.1) is 0 Å². The number of piperazine rings is 1. The fourth-order valence-corrected chi connectivity index (χ4v) is 4.13. The molecule has 174 valence electrons. The van der Waals surface area contributed by atoms with E-state index < -0.39 is 23.8 Å². The molecule has 1 fully saturated rings. The summed E-state index contributed by atoms with van der Waals surface area (Å²) in [6, 6.07) is 13.1. The summed E-state index contributed by atoms with van der Waals surface area (Å²) >= 11 is 0. The van der Waals surface area contributed by atoms with Crippen molar-refractivity contribution in [3.05, 3.63) is 59.9 Å². The monoisotopic (exact) mass is 454 g/mol. The average Bonchev–Trinajstić information content (AvgIpc) is 2.84. The molecule has 2 aliphatic rings. The van der Waals surface area contributed by atoms with Crippen LogP contribution in [0.1, 0.15) is 18.5 Å². The highest BCUT2D eigenvalue weighted by atomic mass is 19.1. The van der Waals surface area contributed by atoms with E-state index >= 15 is 0 Å². The third-order valence-electron chi connectivity index (χ3n) is 5.86. The summed E-state index contributed by atoms with van der Waals surface area (Å²) in [6.45, 7) is 4.12. The molecular weight excluding hydrogens is 427 g/mol. The fraction of sp³-hybridized carbons (Fsp3) is 0.375. The molecule has 8 nitrogen and oxygen atoms in total. The molecule has 0 bridgehead atoms. The second-order valence-electron chi connectivity index (χ2n) is 7.82. The molecule has 1 saturated heterocycles. The Morgan fingerprint density at radius 1 is 1.09 bits per heavy atom. The summed E-state index contributed by atoms with van der Waals surface area (Å²) in [5.41, 5.74) is 1.27. The summed E-state index contributed by atoms with van der Waals surface area (Å²) in [5, 5.41) is 2.78. The summed E-state index contributed by atoms with van der Waals surface area (Å²) in [5.74, 6) is -1.32. The van der Waals surface area contributed by atoms with Gasteiger partial charge in [-0.1, -0.05) is 24.3 Å². The van der Waals surface area contributed by atoms with E-state index in [-0.39, 0.29) is 12.4 Å². The van der Waals surface area contributed by atoms with Crippen LogP contribution in [0.3, 0.4) is 0 Å². The molecule has 1 N–H and O–H groups in total. The van der Waals surface area contributed by atoms with Crippen molar-refractivity contribution in [2.75, 3.05) is 44.8 Å². The highest BCUT2D eigenvalue weighted by molar-refractivity contribution is 6.08. The number of para-hydroxylation sites is 1. The summed E-state index contributed by atoms with van der Waals surface area (Å²) < 4.78 is 24.5. The van der Waals surface area contributed by atoms with Crippen molar-refractivity contribution in [1.29, 1.82) is 0 Å². The molecule has 2 atom stereocenters. The van der Waals surface area contributed by atoms with E-state index in [1.165, 1.54) is 6.07 Å². The van der Waals surface area contributed by atoms with Crippen LogP contribution < -0.4 is 15.0 Å². The maximum absolute atomic E-state index is 14.2. The lowest BCUT2D eigenvalue weighted by Gasteiger charge is -2.39. The molecule has 0 aliphatic carbocycles. The van der Waals surface area contributed by atoms with E-state index in [1.54, 1.807) is 50.4 Å². The molecular formula is C24H27FN4O4. The second-order valence-corrected chi connectivity index (χ2v) is 7.82. The van der Waals surface area contributed by atoms with Crippen molar-refractivity contribution >= 4 is 23.5 Å². The number of methoxy groups -OCH3 is 1. The SMILES string of the molecule is CCOC(=O)[C@@H]1C(=O)NC(N2CCN(c3ccccc3F)CC2)=N[C@H]1c1ccc(OC)cc1. The molecule has 0 aromatic heterocycles. The number of rotatable bonds is 5. The highest BCUT2D eigenvalue weighted by Crippen LogP contribution is 2.32. The zero-order valence-electron chi connectivity index (χ0n) is 18.7. The summed E-state index contributed by atoms with van der Waals surface area (Å²) in [4.78, 5) is 34.3. The number of nitrogens with one attached hydrogen (secondary N) is 1. The molecule has 0 radical (unpaired) electrons. The number of esters is 1. The summed E-state index contributed by atoms with van der Waals surface area (Å²) in [6.07, 6.45) is 0. The largest absolute Gasteiger partial charge is 0.497 e. The van der Waals surface area contributed by atoms with E-state index in [9.17, 15) is 14.0 Å². The van der Waals surface area contributed by atoms with E-state index in [4.69, 9.17) is 14.5 Å². The second kappa shape index (κ2) is 9.89. The maximum Gasteiger partial charge on any atom is 0.321 e. The maximum atomic E-state index is 14.2. The first-order valence-electron chi connectivity index (χ1n) is 11.0. The Morgan fingerprint density at radius 2 is 1.76 bits per heavy atom. The van der Waals surface area contributed by atoms with Crippen molar-refractivity contribution in [2.45, 2.75) is 13.0 Å². The van der Waals surface area contributed by atoms with Crippen molar-refractivity contribution in [3.8, 4) is 5.75 Å². The van der Waals surface area contributed by atoms with Crippen molar-refractivity contribution in [1.82, 2.24) is 10.2 Å². The minimum Gasteiger partial charge on any atom is -0.497 e. The van der Waals surface area contributed by atoms with Gasteiger partial charge in [0.2, 0.25) is 11.9 Å². The van der Waals surface area contributed by atoms with Gasteiger partial charge in [0, 0.05) is 26.2 Å². The molecule has 2 heterocycles. The number of carbonyl (C=O) groups excluding carboxylic acids is 2. The van der Waals surface area contributed by atoms with Gasteiger partial charge in [0.15, 0.2) is 5.92 Å². The molecule has 0 saturated carbocycles. The normalized spacial score (nSPS) is 20.7. The van der Waals surface area contributed by atoms with Gasteiger partial charge < -0.3 is 19.3 Å². The quantitative estimate of drug-likeness (QED) is 0.552. The molecule has 2 aromatic carbocycles. The number of ether oxygens (including phenoxy) is 2. The molecule has 0 unspecified atom stereocenters. The van der Waals surface area contributed by atoms with E-state index in [1.807, 2.05) is 15.9 Å². The van der Waals surface area contributed by atoms with Crippen LogP contribution in [0, 0.1) is 11.7 Å². The molecule has 2 aromatic rings. The van der Waals surface area contributed by atoms with Gasteiger partial charge in [-0.25, -0.2) is 9.38 Å². The third kappa shape index (κ3) is 4.76. The number of nitrogens with zero attached hydrogens (tertiary/aromatic N) is 3. The smallest absolute Gasteiger partial charge is 0.321 e. The number of aliphatic imine (C=N–C) groups is 1. The lowest BCUT2D eigenvalue weighted by molar-refractivity contribution is -0.153. The first-order valence-corrected chi connectivity index (χ1v) is 11.0. The number of carbonyl (C=O) groups is 2. The van der Waals surface area contributed by atoms with Crippen LogP contribution in [-0.4, -0.2) is 62.6 Å². The standard InChI is InChI=1S/C24H27FN4O4/c1-3-33-23(31)20-21(16-8-10-17(32-2)11-9-16)26-24(27-22(20)30)29-14-12-28(13-15-29)19-7-5-4-6-18(19)25/h4-11,20-21H,3,12-15H2,1-2H3,(H,26,27,30)/t20-,21-/m0/s1. The van der Waals surface area contributed by atoms with Crippen LogP contribution in [0.2, 0.25) is 0 Å². The van der Waals surface area contributed by atoms with Crippen LogP contribution in [0.15, 0.2) is 53.5 Å². The average molecular weight is 455 g/mol. The minimum atomic E-state index is -1.08. The minimum absolute atomic E-state index is 0.173. The summed E-state index contributed by atoms with van der Waals surface area (Å²) in [7, 11) is 1.57. The van der Waals surface area contributed by atoms with E-state index in [0.717, 1.165) is 0 Å². The lowest BCUT2D eigenvalue weighted by atomic mass is 9.91. The van der Waals surface area contributed by atoms with Crippen LogP contribution in [0.5, 0.6) is 5.75 Å². The fourth-order valence-electron chi connectivity index (χ4n) is 4.13. The predicted octanol–water partition coefficient (Wildman–Crippen LogP) is 2.36.